The zero-order valence-corrected chi connectivity index (χ0v) is 20.3. The number of halogens is 2. The predicted octanol–water partition coefficient (Wildman–Crippen LogP) is 2.43. The highest BCUT2D eigenvalue weighted by atomic mass is 35.5. The molecule has 0 aromatic heterocycles. The summed E-state index contributed by atoms with van der Waals surface area (Å²) in [5.41, 5.74) is 1.80. The van der Waals surface area contributed by atoms with Crippen LogP contribution in [0.4, 0.5) is 5.69 Å². The molecule has 0 aliphatic carbocycles. The van der Waals surface area contributed by atoms with Crippen molar-refractivity contribution in [3.63, 3.8) is 0 Å². The van der Waals surface area contributed by atoms with Crippen molar-refractivity contribution in [2.24, 2.45) is 0 Å². The van der Waals surface area contributed by atoms with Gasteiger partial charge >= 0.3 is 5.97 Å². The highest BCUT2D eigenvalue weighted by Gasteiger charge is 2.26. The standard InChI is InChI=1S/C21H31Cl2N3O4S/c1-3-30-21(29)18(7-12-31-2)25-20(28)19(24-15-27)14-16-5-4-6-17(13-16)26(10-8-22)11-9-23/h4-6,13,15,18-19H,3,7-12,14H2,1-2H3,(H,24,27)(H,25,28)/t18-,19-/m0/s1. The largest absolute Gasteiger partial charge is 0.464 e. The normalized spacial score (nSPS) is 12.5. The van der Waals surface area contributed by atoms with Crippen molar-refractivity contribution in [3.05, 3.63) is 29.8 Å². The fraction of sp³-hybridized carbons (Fsp3) is 0.571. The highest BCUT2D eigenvalue weighted by molar-refractivity contribution is 7.98. The number of carbonyl (C=O) groups excluding carboxylic acids is 3. The van der Waals surface area contributed by atoms with E-state index in [-0.39, 0.29) is 13.0 Å². The van der Waals surface area contributed by atoms with Crippen LogP contribution in [0.15, 0.2) is 24.3 Å². The maximum Gasteiger partial charge on any atom is 0.328 e. The molecule has 2 atom stereocenters. The summed E-state index contributed by atoms with van der Waals surface area (Å²) >= 11 is 13.4. The van der Waals surface area contributed by atoms with Crippen LogP contribution >= 0.6 is 35.0 Å². The molecule has 0 saturated carbocycles. The molecule has 0 bridgehead atoms. The topological polar surface area (TPSA) is 87.7 Å². The molecular formula is C21H31Cl2N3O4S. The smallest absolute Gasteiger partial charge is 0.328 e. The molecule has 174 valence electrons. The molecule has 0 aliphatic rings. The number of hydrogen-bond acceptors (Lipinski definition) is 6. The maximum atomic E-state index is 12.9. The molecule has 31 heavy (non-hydrogen) atoms. The Labute approximate surface area is 198 Å². The molecule has 0 radical (unpaired) electrons. The summed E-state index contributed by atoms with van der Waals surface area (Å²) in [6.07, 6.45) is 3.13. The monoisotopic (exact) mass is 491 g/mol. The summed E-state index contributed by atoms with van der Waals surface area (Å²) in [6, 6.07) is 6.08. The first-order valence-corrected chi connectivity index (χ1v) is 12.6. The van der Waals surface area contributed by atoms with Gasteiger partial charge in [-0.25, -0.2) is 4.79 Å². The first-order valence-electron chi connectivity index (χ1n) is 10.1. The molecule has 0 heterocycles. The number of amides is 2. The molecular weight excluding hydrogens is 461 g/mol. The van der Waals surface area contributed by atoms with Gasteiger partial charge < -0.3 is 20.3 Å². The van der Waals surface area contributed by atoms with Gasteiger partial charge in [-0.2, -0.15) is 11.8 Å². The van der Waals surface area contributed by atoms with Crippen molar-refractivity contribution in [2.75, 3.05) is 48.4 Å². The maximum absolute atomic E-state index is 12.9. The van der Waals surface area contributed by atoms with E-state index >= 15 is 0 Å². The van der Waals surface area contributed by atoms with Gasteiger partial charge in [0.15, 0.2) is 0 Å². The van der Waals surface area contributed by atoms with Gasteiger partial charge in [-0.3, -0.25) is 9.59 Å². The lowest BCUT2D eigenvalue weighted by atomic mass is 10.0. The Morgan fingerprint density at radius 1 is 1.23 bits per heavy atom. The van der Waals surface area contributed by atoms with Crippen molar-refractivity contribution in [2.45, 2.75) is 31.8 Å². The van der Waals surface area contributed by atoms with E-state index in [9.17, 15) is 14.4 Å². The van der Waals surface area contributed by atoms with Crippen molar-refractivity contribution < 1.29 is 19.1 Å². The first-order chi connectivity index (χ1) is 15.0. The summed E-state index contributed by atoms with van der Waals surface area (Å²) < 4.78 is 5.07. The van der Waals surface area contributed by atoms with E-state index in [1.165, 1.54) is 0 Å². The number of carbonyl (C=O) groups is 3. The van der Waals surface area contributed by atoms with Crippen LogP contribution in [0.1, 0.15) is 18.9 Å². The quantitative estimate of drug-likeness (QED) is 0.209. The Morgan fingerprint density at radius 2 is 1.94 bits per heavy atom. The SMILES string of the molecule is CCOC(=O)[C@H](CCSC)NC(=O)[C@H](Cc1cccc(N(CCCl)CCCl)c1)NC=O. The molecule has 0 unspecified atom stereocenters. The second-order valence-corrected chi connectivity index (χ2v) is 8.41. The Hall–Kier alpha value is -1.64. The zero-order chi connectivity index (χ0) is 23.1. The van der Waals surface area contributed by atoms with E-state index in [0.717, 1.165) is 11.3 Å². The fourth-order valence-electron chi connectivity index (χ4n) is 3.00. The van der Waals surface area contributed by atoms with Crippen molar-refractivity contribution in [3.8, 4) is 0 Å². The summed E-state index contributed by atoms with van der Waals surface area (Å²) in [5, 5.41) is 5.28. The van der Waals surface area contributed by atoms with Crippen LogP contribution in [0.2, 0.25) is 0 Å². The van der Waals surface area contributed by atoms with Crippen LogP contribution in [0, 0.1) is 0 Å². The molecule has 0 fully saturated rings. The minimum atomic E-state index is -0.825. The third-order valence-corrected chi connectivity index (χ3v) is 5.49. The Bertz CT molecular complexity index is 690. The van der Waals surface area contributed by atoms with Crippen LogP contribution in [-0.2, 0) is 25.5 Å². The van der Waals surface area contributed by atoms with Gasteiger partial charge in [0.2, 0.25) is 12.3 Å². The lowest BCUT2D eigenvalue weighted by molar-refractivity contribution is -0.147. The number of thioether (sulfide) groups is 1. The van der Waals surface area contributed by atoms with Gasteiger partial charge in [0, 0.05) is 37.0 Å². The third kappa shape index (κ3) is 10.0. The molecule has 1 aromatic carbocycles. The molecule has 7 nitrogen and oxygen atoms in total. The minimum absolute atomic E-state index is 0.231. The average molecular weight is 492 g/mol. The molecule has 0 aliphatic heterocycles. The van der Waals surface area contributed by atoms with Crippen LogP contribution < -0.4 is 15.5 Å². The summed E-state index contributed by atoms with van der Waals surface area (Å²) in [7, 11) is 0. The molecule has 10 heteroatoms. The van der Waals surface area contributed by atoms with E-state index in [1.54, 1.807) is 18.7 Å². The summed E-state index contributed by atoms with van der Waals surface area (Å²) in [6.45, 7) is 3.23. The molecule has 1 aromatic rings. The second kappa shape index (κ2) is 16.1. The van der Waals surface area contributed by atoms with Gasteiger partial charge in [0.1, 0.15) is 12.1 Å². The molecule has 0 spiro atoms. The number of esters is 1. The molecule has 2 N–H and O–H groups in total. The van der Waals surface area contributed by atoms with Gasteiger partial charge in [-0.1, -0.05) is 12.1 Å². The summed E-state index contributed by atoms with van der Waals surface area (Å²) in [5.74, 6) is 0.701. The number of ether oxygens (including phenoxy) is 1. The van der Waals surface area contributed by atoms with Crippen molar-refractivity contribution >= 4 is 58.9 Å². The molecule has 1 rings (SSSR count). The van der Waals surface area contributed by atoms with E-state index in [4.69, 9.17) is 27.9 Å². The number of hydrogen-bond donors (Lipinski definition) is 2. The van der Waals surface area contributed by atoms with Gasteiger partial charge in [0.25, 0.3) is 0 Å². The van der Waals surface area contributed by atoms with E-state index in [0.29, 0.717) is 43.4 Å². The van der Waals surface area contributed by atoms with Crippen LogP contribution in [0.3, 0.4) is 0 Å². The number of nitrogens with one attached hydrogen (secondary N) is 2. The zero-order valence-electron chi connectivity index (χ0n) is 17.9. The van der Waals surface area contributed by atoms with Crippen LogP contribution in [0.25, 0.3) is 0 Å². The third-order valence-electron chi connectivity index (χ3n) is 4.51. The summed E-state index contributed by atoms with van der Waals surface area (Å²) in [4.78, 5) is 38.2. The predicted molar refractivity (Wildman–Crippen MR) is 128 cm³/mol. The Kier molecular flexibility index (Phi) is 14.2. The van der Waals surface area contributed by atoms with Crippen molar-refractivity contribution in [1.29, 1.82) is 0 Å². The Morgan fingerprint density at radius 3 is 2.52 bits per heavy atom. The minimum Gasteiger partial charge on any atom is -0.464 e. The van der Waals surface area contributed by atoms with E-state index < -0.39 is 24.0 Å². The van der Waals surface area contributed by atoms with Crippen LogP contribution in [-0.4, -0.2) is 73.8 Å². The van der Waals surface area contributed by atoms with Crippen LogP contribution in [0.5, 0.6) is 0 Å². The van der Waals surface area contributed by atoms with E-state index in [1.807, 2.05) is 30.5 Å². The van der Waals surface area contributed by atoms with Gasteiger partial charge in [-0.05, 0) is 43.0 Å². The lowest BCUT2D eigenvalue weighted by Crippen LogP contribution is -2.51. The first kappa shape index (κ1) is 27.4. The number of rotatable bonds is 16. The van der Waals surface area contributed by atoms with Gasteiger partial charge in [-0.15, -0.1) is 23.2 Å². The lowest BCUT2D eigenvalue weighted by Gasteiger charge is -2.24. The number of benzene rings is 1. The second-order valence-electron chi connectivity index (χ2n) is 6.67. The fourth-order valence-corrected chi connectivity index (χ4v) is 3.88. The van der Waals surface area contributed by atoms with Gasteiger partial charge in [0.05, 0.1) is 6.61 Å². The average Bonchev–Trinajstić information content (AvgIpc) is 2.76. The molecule has 2 amide bonds. The molecule has 0 saturated heterocycles. The number of anilines is 1. The Balaban J connectivity index is 2.95. The highest BCUT2D eigenvalue weighted by Crippen LogP contribution is 2.18. The van der Waals surface area contributed by atoms with Crippen molar-refractivity contribution in [1.82, 2.24) is 10.6 Å². The number of alkyl halides is 2. The number of nitrogens with zero attached hydrogens (tertiary/aromatic N) is 1. The van der Waals surface area contributed by atoms with E-state index in [2.05, 4.69) is 15.5 Å².